The summed E-state index contributed by atoms with van der Waals surface area (Å²) in [6, 6.07) is 24.0. The van der Waals surface area contributed by atoms with Crippen molar-refractivity contribution in [2.24, 2.45) is 0 Å². The zero-order chi connectivity index (χ0) is 22.1. The smallest absolute Gasteiger partial charge is 0.269 e. The maximum atomic E-state index is 12.3. The Morgan fingerprint density at radius 3 is 2.06 bits per heavy atom. The maximum absolute atomic E-state index is 12.3. The molecule has 0 heterocycles. The van der Waals surface area contributed by atoms with E-state index >= 15 is 0 Å². The van der Waals surface area contributed by atoms with Crippen molar-refractivity contribution >= 4 is 34.8 Å². The third-order valence-corrected chi connectivity index (χ3v) is 4.80. The molecule has 0 spiro atoms. The zero-order valence-electron chi connectivity index (χ0n) is 17.1. The van der Waals surface area contributed by atoms with Crippen LogP contribution in [0.3, 0.4) is 0 Å². The first kappa shape index (κ1) is 22.0. The van der Waals surface area contributed by atoms with Crippen LogP contribution in [-0.2, 0) is 6.42 Å². The van der Waals surface area contributed by atoms with E-state index in [1.54, 1.807) is 36.4 Å². The fourth-order valence-electron chi connectivity index (χ4n) is 2.81. The number of rotatable bonds is 6. The number of hydrogen-bond acceptors (Lipinski definition) is 3. The molecule has 31 heavy (non-hydrogen) atoms. The minimum atomic E-state index is -0.330. The van der Waals surface area contributed by atoms with Crippen molar-refractivity contribution in [2.45, 2.75) is 13.3 Å². The number of nitrogens with one attached hydrogen (secondary N) is 4. The largest absolute Gasteiger partial charge is 0.361 e. The fraction of sp³-hybridized carbons (Fsp3) is 0.125. The molecule has 0 atom stereocenters. The number of hydrazine groups is 1. The highest BCUT2D eigenvalue weighted by molar-refractivity contribution is 7.80. The van der Waals surface area contributed by atoms with Crippen LogP contribution in [0.2, 0.25) is 0 Å². The number of aryl methyl sites for hydroxylation is 1. The van der Waals surface area contributed by atoms with Gasteiger partial charge in [0, 0.05) is 23.4 Å². The second-order valence-electron chi connectivity index (χ2n) is 6.97. The van der Waals surface area contributed by atoms with Crippen LogP contribution in [0.15, 0.2) is 78.9 Å². The Morgan fingerprint density at radius 2 is 1.39 bits per heavy atom. The molecule has 0 aliphatic heterocycles. The molecule has 0 aliphatic carbocycles. The number of carbonyl (C=O) groups is 2. The van der Waals surface area contributed by atoms with Crippen molar-refractivity contribution in [1.29, 1.82) is 0 Å². The number of benzene rings is 3. The predicted octanol–water partition coefficient (Wildman–Crippen LogP) is 3.60. The van der Waals surface area contributed by atoms with Gasteiger partial charge >= 0.3 is 0 Å². The van der Waals surface area contributed by atoms with E-state index < -0.39 is 0 Å². The Morgan fingerprint density at radius 1 is 0.774 bits per heavy atom. The summed E-state index contributed by atoms with van der Waals surface area (Å²) < 4.78 is 0. The van der Waals surface area contributed by atoms with E-state index in [1.807, 2.05) is 49.4 Å². The molecule has 0 saturated carbocycles. The monoisotopic (exact) mass is 432 g/mol. The van der Waals surface area contributed by atoms with Crippen LogP contribution in [0.25, 0.3) is 0 Å². The van der Waals surface area contributed by atoms with Crippen molar-refractivity contribution in [3.05, 3.63) is 101 Å². The highest BCUT2D eigenvalue weighted by Crippen LogP contribution is 2.12. The Labute approximate surface area is 187 Å². The molecule has 0 saturated heterocycles. The fourth-order valence-corrected chi connectivity index (χ4v) is 2.96. The Bertz CT molecular complexity index is 1040. The lowest BCUT2D eigenvalue weighted by Gasteiger charge is -2.12. The lowest BCUT2D eigenvalue weighted by atomic mass is 10.1. The first-order valence-corrected chi connectivity index (χ1v) is 10.3. The third-order valence-electron chi connectivity index (χ3n) is 4.55. The van der Waals surface area contributed by atoms with Gasteiger partial charge in [-0.1, -0.05) is 48.0 Å². The molecule has 3 rings (SSSR count). The van der Waals surface area contributed by atoms with Gasteiger partial charge in [0.05, 0.1) is 0 Å². The number of carbonyl (C=O) groups excluding carboxylic acids is 2. The Kier molecular flexibility index (Phi) is 7.73. The van der Waals surface area contributed by atoms with Crippen molar-refractivity contribution < 1.29 is 9.59 Å². The van der Waals surface area contributed by atoms with Gasteiger partial charge in [-0.2, -0.15) is 0 Å². The number of amides is 2. The molecule has 0 unspecified atom stereocenters. The van der Waals surface area contributed by atoms with E-state index in [2.05, 4.69) is 21.5 Å². The summed E-state index contributed by atoms with van der Waals surface area (Å²) in [6.07, 6.45) is 0.826. The van der Waals surface area contributed by atoms with Crippen LogP contribution in [0.1, 0.15) is 31.8 Å². The summed E-state index contributed by atoms with van der Waals surface area (Å²) in [5.74, 6) is -0.533. The van der Waals surface area contributed by atoms with Crippen LogP contribution in [-0.4, -0.2) is 23.5 Å². The summed E-state index contributed by atoms with van der Waals surface area (Å²) in [5.41, 5.74) is 9.16. The van der Waals surface area contributed by atoms with E-state index in [0.717, 1.165) is 12.0 Å². The van der Waals surface area contributed by atoms with Gasteiger partial charge in [-0.05, 0) is 67.5 Å². The molecular formula is C24H24N4O2S. The summed E-state index contributed by atoms with van der Waals surface area (Å²) in [6.45, 7) is 2.62. The maximum Gasteiger partial charge on any atom is 0.269 e. The molecule has 0 aliphatic rings. The van der Waals surface area contributed by atoms with Crippen molar-refractivity contribution in [1.82, 2.24) is 16.2 Å². The van der Waals surface area contributed by atoms with Gasteiger partial charge in [-0.15, -0.1) is 0 Å². The molecule has 7 heteroatoms. The molecule has 158 valence electrons. The number of hydrogen-bond donors (Lipinski definition) is 4. The molecule has 0 bridgehead atoms. The van der Waals surface area contributed by atoms with E-state index in [0.29, 0.717) is 28.5 Å². The highest BCUT2D eigenvalue weighted by Gasteiger charge is 2.08. The lowest BCUT2D eigenvalue weighted by Crippen LogP contribution is -2.47. The number of anilines is 1. The van der Waals surface area contributed by atoms with Gasteiger partial charge in [-0.3, -0.25) is 20.4 Å². The summed E-state index contributed by atoms with van der Waals surface area (Å²) in [4.78, 5) is 24.6. The second kappa shape index (κ2) is 10.9. The van der Waals surface area contributed by atoms with Gasteiger partial charge in [-0.25, -0.2) is 0 Å². The minimum Gasteiger partial charge on any atom is -0.361 e. The van der Waals surface area contributed by atoms with E-state index in [9.17, 15) is 9.59 Å². The first-order chi connectivity index (χ1) is 15.0. The van der Waals surface area contributed by atoms with Gasteiger partial charge in [0.15, 0.2) is 5.11 Å². The normalized spacial score (nSPS) is 10.1. The zero-order valence-corrected chi connectivity index (χ0v) is 18.0. The third kappa shape index (κ3) is 6.94. The average molecular weight is 433 g/mol. The molecule has 0 aromatic heterocycles. The average Bonchev–Trinajstić information content (AvgIpc) is 2.79. The van der Waals surface area contributed by atoms with Gasteiger partial charge in [0.25, 0.3) is 11.8 Å². The van der Waals surface area contributed by atoms with E-state index in [-0.39, 0.29) is 11.8 Å². The molecule has 0 fully saturated rings. The van der Waals surface area contributed by atoms with Crippen LogP contribution < -0.4 is 21.5 Å². The molecule has 6 nitrogen and oxygen atoms in total. The van der Waals surface area contributed by atoms with Gasteiger partial charge in [0.1, 0.15) is 0 Å². The quantitative estimate of drug-likeness (QED) is 0.353. The van der Waals surface area contributed by atoms with Gasteiger partial charge < -0.3 is 10.6 Å². The standard InChI is InChI=1S/C24H24N4O2S/c1-17-7-9-19(10-8-17)22(29)26-21-13-11-20(12-14-21)23(30)27-28-24(31)25-16-15-18-5-3-2-4-6-18/h2-14H,15-16H2,1H3,(H,26,29)(H,27,30)(H2,25,28,31). The summed E-state index contributed by atoms with van der Waals surface area (Å²) in [7, 11) is 0. The van der Waals surface area contributed by atoms with E-state index in [1.165, 1.54) is 5.56 Å². The van der Waals surface area contributed by atoms with Gasteiger partial charge in [0.2, 0.25) is 0 Å². The predicted molar refractivity (Wildman–Crippen MR) is 127 cm³/mol. The van der Waals surface area contributed by atoms with Crippen LogP contribution >= 0.6 is 12.2 Å². The second-order valence-corrected chi connectivity index (χ2v) is 7.38. The van der Waals surface area contributed by atoms with Crippen LogP contribution in [0.5, 0.6) is 0 Å². The van der Waals surface area contributed by atoms with Crippen LogP contribution in [0, 0.1) is 6.92 Å². The molecule has 0 radical (unpaired) electrons. The molecule has 3 aromatic carbocycles. The molecule has 2 amide bonds. The number of thiocarbonyl (C=S) groups is 1. The topological polar surface area (TPSA) is 82.3 Å². The summed E-state index contributed by atoms with van der Waals surface area (Å²) >= 11 is 5.18. The SMILES string of the molecule is Cc1ccc(C(=O)Nc2ccc(C(=O)NNC(=S)NCCc3ccccc3)cc2)cc1. The van der Waals surface area contributed by atoms with Crippen molar-refractivity contribution in [3.63, 3.8) is 0 Å². The Balaban J connectivity index is 1.42. The van der Waals surface area contributed by atoms with Crippen molar-refractivity contribution in [3.8, 4) is 0 Å². The minimum absolute atomic E-state index is 0.203. The molecular weight excluding hydrogens is 408 g/mol. The van der Waals surface area contributed by atoms with Crippen molar-refractivity contribution in [2.75, 3.05) is 11.9 Å². The molecule has 4 N–H and O–H groups in total. The van der Waals surface area contributed by atoms with Crippen LogP contribution in [0.4, 0.5) is 5.69 Å². The first-order valence-electron chi connectivity index (χ1n) is 9.87. The lowest BCUT2D eigenvalue weighted by molar-refractivity contribution is 0.0943. The molecule has 3 aromatic rings. The Hall–Kier alpha value is -3.71. The highest BCUT2D eigenvalue weighted by atomic mass is 32.1. The summed E-state index contributed by atoms with van der Waals surface area (Å²) in [5, 5.41) is 6.20. The van der Waals surface area contributed by atoms with E-state index in [4.69, 9.17) is 12.2 Å².